The van der Waals surface area contributed by atoms with Gasteiger partial charge in [0.2, 0.25) is 6.79 Å². The molecule has 0 amide bonds. The van der Waals surface area contributed by atoms with E-state index in [0.29, 0.717) is 46.4 Å². The fraction of sp³-hybridized carbons (Fsp3) is 0.200. The van der Waals surface area contributed by atoms with E-state index in [1.54, 1.807) is 22.8 Å². The molecule has 0 saturated carbocycles. The molecule has 0 aliphatic carbocycles. The van der Waals surface area contributed by atoms with Gasteiger partial charge in [-0.2, -0.15) is 4.98 Å². The summed E-state index contributed by atoms with van der Waals surface area (Å²) in [7, 11) is 0. The lowest BCUT2D eigenvalue weighted by atomic mass is 10.2. The number of aromatic nitrogens is 4. The van der Waals surface area contributed by atoms with Crippen molar-refractivity contribution in [3.8, 4) is 23.0 Å². The normalized spacial score (nSPS) is 12.6. The zero-order valence-electron chi connectivity index (χ0n) is 15.1. The third kappa shape index (κ3) is 2.70. The summed E-state index contributed by atoms with van der Waals surface area (Å²) in [4.78, 5) is 22.0. The Kier molecular flexibility index (Phi) is 3.82. The van der Waals surface area contributed by atoms with Crippen LogP contribution in [-0.4, -0.2) is 26.5 Å². The molecule has 3 heterocycles. The third-order valence-corrected chi connectivity index (χ3v) is 4.64. The molecule has 0 unspecified atom stereocenters. The lowest BCUT2D eigenvalue weighted by Gasteiger charge is -2.10. The summed E-state index contributed by atoms with van der Waals surface area (Å²) in [6, 6.07) is 12.7. The number of hydrogen-bond donors (Lipinski definition) is 0. The van der Waals surface area contributed by atoms with Crippen LogP contribution in [0.25, 0.3) is 22.4 Å². The van der Waals surface area contributed by atoms with Gasteiger partial charge in [0, 0.05) is 12.0 Å². The number of ether oxygens (including phenoxy) is 2. The lowest BCUT2D eigenvalue weighted by molar-refractivity contribution is 0.174. The highest BCUT2D eigenvalue weighted by Crippen LogP contribution is 2.35. The average Bonchev–Trinajstić information content (AvgIpc) is 3.38. The fourth-order valence-electron chi connectivity index (χ4n) is 3.25. The number of hydrogen-bond acceptors (Lipinski definition) is 7. The molecule has 0 spiro atoms. The second-order valence-corrected chi connectivity index (χ2v) is 6.37. The van der Waals surface area contributed by atoms with E-state index in [-0.39, 0.29) is 18.9 Å². The molecule has 8 heteroatoms. The minimum Gasteiger partial charge on any atom is -0.454 e. The molecule has 0 radical (unpaired) electrons. The van der Waals surface area contributed by atoms with Gasteiger partial charge in [-0.15, -0.1) is 0 Å². The monoisotopic (exact) mass is 376 g/mol. The third-order valence-electron chi connectivity index (χ3n) is 4.64. The molecular weight excluding hydrogens is 360 g/mol. The molecule has 0 saturated heterocycles. The zero-order chi connectivity index (χ0) is 19.1. The highest BCUT2D eigenvalue weighted by Gasteiger charge is 2.18. The van der Waals surface area contributed by atoms with Gasteiger partial charge in [0.1, 0.15) is 5.82 Å². The number of aryl methyl sites for hydroxylation is 1. The molecule has 1 aliphatic heterocycles. The Bertz CT molecular complexity index is 1240. The Morgan fingerprint density at radius 3 is 2.82 bits per heavy atom. The molecule has 0 bridgehead atoms. The summed E-state index contributed by atoms with van der Waals surface area (Å²) < 4.78 is 17.7. The van der Waals surface area contributed by atoms with Crippen molar-refractivity contribution in [1.82, 2.24) is 19.7 Å². The molecule has 5 rings (SSSR count). The van der Waals surface area contributed by atoms with Gasteiger partial charge >= 0.3 is 0 Å². The zero-order valence-corrected chi connectivity index (χ0v) is 15.1. The first-order valence-corrected chi connectivity index (χ1v) is 8.94. The second-order valence-electron chi connectivity index (χ2n) is 6.37. The van der Waals surface area contributed by atoms with Gasteiger partial charge in [-0.1, -0.05) is 24.2 Å². The summed E-state index contributed by atoms with van der Waals surface area (Å²) in [5.74, 6) is 2.76. The van der Waals surface area contributed by atoms with Crippen molar-refractivity contribution in [1.29, 1.82) is 0 Å². The molecular formula is C20H16N4O4. The highest BCUT2D eigenvalue weighted by atomic mass is 16.7. The molecule has 8 nitrogen and oxygen atoms in total. The van der Waals surface area contributed by atoms with Crippen molar-refractivity contribution >= 4 is 10.9 Å². The average molecular weight is 376 g/mol. The number of para-hydroxylation sites is 1. The van der Waals surface area contributed by atoms with E-state index in [9.17, 15) is 4.79 Å². The van der Waals surface area contributed by atoms with Crippen molar-refractivity contribution < 1.29 is 14.0 Å². The van der Waals surface area contributed by atoms with E-state index in [0.717, 1.165) is 5.56 Å². The molecule has 140 valence electrons. The van der Waals surface area contributed by atoms with Gasteiger partial charge < -0.3 is 14.0 Å². The number of fused-ring (bicyclic) bond motifs is 2. The van der Waals surface area contributed by atoms with Crippen LogP contribution in [-0.2, 0) is 13.0 Å². The van der Waals surface area contributed by atoms with Crippen molar-refractivity contribution in [2.24, 2.45) is 0 Å². The topological polar surface area (TPSA) is 92.3 Å². The van der Waals surface area contributed by atoms with Crippen LogP contribution in [0.4, 0.5) is 0 Å². The summed E-state index contributed by atoms with van der Waals surface area (Å²) in [6.07, 6.45) is 0.618. The molecule has 1 aliphatic rings. The van der Waals surface area contributed by atoms with Crippen LogP contribution < -0.4 is 15.0 Å². The maximum atomic E-state index is 12.9. The van der Waals surface area contributed by atoms with E-state index < -0.39 is 0 Å². The summed E-state index contributed by atoms with van der Waals surface area (Å²) in [5.41, 5.74) is 1.30. The smallest absolute Gasteiger partial charge is 0.261 e. The van der Waals surface area contributed by atoms with Crippen molar-refractivity contribution in [2.45, 2.75) is 19.9 Å². The van der Waals surface area contributed by atoms with Crippen LogP contribution in [0.15, 0.2) is 51.8 Å². The standard InChI is InChI=1S/C20H16N4O4/c1-2-18-21-14-6-4-3-5-13(14)20(25)24(18)10-17-22-19(28-23-17)12-7-8-15-16(9-12)27-11-26-15/h3-9H,2,10-11H2,1H3. The van der Waals surface area contributed by atoms with Crippen molar-refractivity contribution in [2.75, 3.05) is 6.79 Å². The minimum absolute atomic E-state index is 0.114. The summed E-state index contributed by atoms with van der Waals surface area (Å²) in [5, 5.41) is 4.60. The van der Waals surface area contributed by atoms with E-state index in [1.807, 2.05) is 31.2 Å². The number of nitrogens with zero attached hydrogens (tertiary/aromatic N) is 4. The van der Waals surface area contributed by atoms with E-state index >= 15 is 0 Å². The summed E-state index contributed by atoms with van der Waals surface area (Å²) >= 11 is 0. The Labute approximate surface area is 159 Å². The van der Waals surface area contributed by atoms with E-state index in [2.05, 4.69) is 15.1 Å². The van der Waals surface area contributed by atoms with Crippen molar-refractivity contribution in [3.63, 3.8) is 0 Å². The van der Waals surface area contributed by atoms with Crippen LogP contribution >= 0.6 is 0 Å². The highest BCUT2D eigenvalue weighted by molar-refractivity contribution is 5.77. The molecule has 28 heavy (non-hydrogen) atoms. The van der Waals surface area contributed by atoms with Crippen LogP contribution in [0.5, 0.6) is 11.5 Å². The minimum atomic E-state index is -0.114. The first kappa shape index (κ1) is 16.5. The fourth-order valence-corrected chi connectivity index (χ4v) is 3.25. The van der Waals surface area contributed by atoms with Gasteiger partial charge in [0.15, 0.2) is 17.3 Å². The van der Waals surface area contributed by atoms with E-state index in [4.69, 9.17) is 14.0 Å². The molecule has 2 aromatic carbocycles. The van der Waals surface area contributed by atoms with Crippen LogP contribution in [0.3, 0.4) is 0 Å². The van der Waals surface area contributed by atoms with Gasteiger partial charge in [0.25, 0.3) is 11.4 Å². The van der Waals surface area contributed by atoms with Crippen LogP contribution in [0.2, 0.25) is 0 Å². The molecule has 0 fully saturated rings. The van der Waals surface area contributed by atoms with Gasteiger partial charge in [-0.3, -0.25) is 9.36 Å². The molecule has 0 atom stereocenters. The Balaban J connectivity index is 1.51. The predicted molar refractivity (Wildman–Crippen MR) is 100 cm³/mol. The van der Waals surface area contributed by atoms with Gasteiger partial charge in [0.05, 0.1) is 17.4 Å². The Morgan fingerprint density at radius 1 is 1.07 bits per heavy atom. The second kappa shape index (κ2) is 6.49. The molecule has 0 N–H and O–H groups in total. The Morgan fingerprint density at radius 2 is 1.93 bits per heavy atom. The predicted octanol–water partition coefficient (Wildman–Crippen LogP) is 2.79. The van der Waals surface area contributed by atoms with Crippen LogP contribution in [0.1, 0.15) is 18.6 Å². The maximum Gasteiger partial charge on any atom is 0.261 e. The molecule has 2 aromatic heterocycles. The van der Waals surface area contributed by atoms with Crippen molar-refractivity contribution in [3.05, 3.63) is 64.5 Å². The Hall–Kier alpha value is -3.68. The van der Waals surface area contributed by atoms with Gasteiger partial charge in [-0.05, 0) is 30.3 Å². The first-order chi connectivity index (χ1) is 13.7. The van der Waals surface area contributed by atoms with Gasteiger partial charge in [-0.25, -0.2) is 4.98 Å². The number of rotatable bonds is 4. The first-order valence-electron chi connectivity index (χ1n) is 8.94. The maximum absolute atomic E-state index is 12.9. The lowest BCUT2D eigenvalue weighted by Crippen LogP contribution is -2.26. The largest absolute Gasteiger partial charge is 0.454 e. The summed E-state index contributed by atoms with van der Waals surface area (Å²) in [6.45, 7) is 2.35. The number of benzene rings is 2. The quantitative estimate of drug-likeness (QED) is 0.541. The van der Waals surface area contributed by atoms with E-state index in [1.165, 1.54) is 0 Å². The molecule has 4 aromatic rings. The SMILES string of the molecule is CCc1nc2ccccc2c(=O)n1Cc1noc(-c2ccc3c(c2)OCO3)n1. The van der Waals surface area contributed by atoms with Crippen LogP contribution in [0, 0.1) is 0 Å².